The van der Waals surface area contributed by atoms with E-state index >= 15 is 0 Å². The average molecular weight is 458 g/mol. The second-order valence-corrected chi connectivity index (χ2v) is 8.14. The first-order valence-corrected chi connectivity index (χ1v) is 11.1. The van der Waals surface area contributed by atoms with E-state index in [0.29, 0.717) is 43.0 Å². The van der Waals surface area contributed by atoms with Crippen LogP contribution in [0.3, 0.4) is 0 Å². The van der Waals surface area contributed by atoms with Gasteiger partial charge in [0.15, 0.2) is 0 Å². The van der Waals surface area contributed by atoms with Gasteiger partial charge in [-0.25, -0.2) is 9.40 Å². The Morgan fingerprint density at radius 3 is 2.56 bits per heavy atom. The topological polar surface area (TPSA) is 83.1 Å². The molecular formula is C26H24FN5O2. The van der Waals surface area contributed by atoms with E-state index in [2.05, 4.69) is 20.6 Å². The van der Waals surface area contributed by atoms with Crippen LogP contribution in [0.1, 0.15) is 16.1 Å². The molecular weight excluding hydrogens is 433 g/mol. The van der Waals surface area contributed by atoms with E-state index in [1.807, 2.05) is 30.1 Å². The normalized spacial score (nSPS) is 14.2. The van der Waals surface area contributed by atoms with Crippen LogP contribution in [0.2, 0.25) is 0 Å². The standard InChI is InChI=1S/C26H24FN5O2/c1-17-3-2-4-24(29-17)25-22(16-28-30-25)20-9-10-23(27)21(15-20)18-5-7-19(8-6-18)26(33)31-32-11-13-34-14-12-32/h2-10,15-16H,11-14H2,1H3,(H,28,30)(H,31,33). The summed E-state index contributed by atoms with van der Waals surface area (Å²) in [6.07, 6.45) is 1.72. The third-order valence-electron chi connectivity index (χ3n) is 5.79. The lowest BCUT2D eigenvalue weighted by Crippen LogP contribution is -2.48. The maximum Gasteiger partial charge on any atom is 0.265 e. The number of carbonyl (C=O) groups is 1. The summed E-state index contributed by atoms with van der Waals surface area (Å²) in [5.41, 5.74) is 8.62. The average Bonchev–Trinajstić information content (AvgIpc) is 3.35. The molecule has 0 saturated carbocycles. The van der Waals surface area contributed by atoms with E-state index in [4.69, 9.17) is 4.74 Å². The highest BCUT2D eigenvalue weighted by molar-refractivity contribution is 5.94. The number of rotatable bonds is 5. The van der Waals surface area contributed by atoms with Crippen molar-refractivity contribution in [1.82, 2.24) is 25.6 Å². The Kier molecular flexibility index (Phi) is 6.16. The van der Waals surface area contributed by atoms with Gasteiger partial charge in [0, 0.05) is 35.5 Å². The lowest BCUT2D eigenvalue weighted by molar-refractivity contribution is 0.0126. The molecule has 1 fully saturated rings. The molecule has 8 heteroatoms. The van der Waals surface area contributed by atoms with Gasteiger partial charge in [-0.3, -0.25) is 20.3 Å². The zero-order chi connectivity index (χ0) is 23.5. The molecule has 4 aromatic rings. The summed E-state index contributed by atoms with van der Waals surface area (Å²) < 4.78 is 20.1. The fourth-order valence-electron chi connectivity index (χ4n) is 3.98. The minimum Gasteiger partial charge on any atom is -0.379 e. The molecule has 1 amide bonds. The summed E-state index contributed by atoms with van der Waals surface area (Å²) in [5, 5.41) is 9.05. The Bertz CT molecular complexity index is 1310. The van der Waals surface area contributed by atoms with Gasteiger partial charge in [0.25, 0.3) is 5.91 Å². The molecule has 0 atom stereocenters. The number of nitrogens with zero attached hydrogens (tertiary/aromatic N) is 3. The summed E-state index contributed by atoms with van der Waals surface area (Å²) in [7, 11) is 0. The monoisotopic (exact) mass is 457 g/mol. The van der Waals surface area contributed by atoms with Gasteiger partial charge in [0.2, 0.25) is 0 Å². The highest BCUT2D eigenvalue weighted by atomic mass is 19.1. The predicted molar refractivity (Wildman–Crippen MR) is 127 cm³/mol. The number of hydrogen-bond acceptors (Lipinski definition) is 5. The number of halogens is 1. The Morgan fingerprint density at radius 2 is 1.79 bits per heavy atom. The molecule has 0 aliphatic carbocycles. The first-order chi connectivity index (χ1) is 16.6. The number of hydrazine groups is 1. The summed E-state index contributed by atoms with van der Waals surface area (Å²) in [6.45, 7) is 4.41. The van der Waals surface area contributed by atoms with Gasteiger partial charge >= 0.3 is 0 Å². The molecule has 2 aromatic heterocycles. The van der Waals surface area contributed by atoms with Gasteiger partial charge in [0.1, 0.15) is 5.82 Å². The van der Waals surface area contributed by atoms with E-state index in [-0.39, 0.29) is 11.7 Å². The van der Waals surface area contributed by atoms with Crippen LogP contribution >= 0.6 is 0 Å². The number of benzene rings is 2. The molecule has 2 aromatic carbocycles. The molecule has 1 saturated heterocycles. The van der Waals surface area contributed by atoms with Crippen LogP contribution < -0.4 is 5.43 Å². The van der Waals surface area contributed by atoms with Crippen molar-refractivity contribution < 1.29 is 13.9 Å². The first-order valence-electron chi connectivity index (χ1n) is 11.1. The Labute approximate surface area is 196 Å². The van der Waals surface area contributed by atoms with Crippen LogP contribution in [0, 0.1) is 12.7 Å². The number of aryl methyl sites for hydroxylation is 1. The van der Waals surface area contributed by atoms with Crippen molar-refractivity contribution in [3.05, 3.63) is 83.9 Å². The lowest BCUT2D eigenvalue weighted by atomic mass is 9.97. The van der Waals surface area contributed by atoms with Crippen molar-refractivity contribution in [3.63, 3.8) is 0 Å². The first kappa shape index (κ1) is 21.9. The molecule has 34 heavy (non-hydrogen) atoms. The van der Waals surface area contributed by atoms with Crippen LogP contribution in [0.5, 0.6) is 0 Å². The van der Waals surface area contributed by atoms with Crippen molar-refractivity contribution in [3.8, 4) is 33.6 Å². The largest absolute Gasteiger partial charge is 0.379 e. The van der Waals surface area contributed by atoms with Gasteiger partial charge < -0.3 is 4.74 Å². The number of aromatic amines is 1. The second kappa shape index (κ2) is 9.54. The molecule has 1 aliphatic rings. The van der Waals surface area contributed by atoms with Gasteiger partial charge in [0.05, 0.1) is 30.8 Å². The number of H-pyrrole nitrogens is 1. The highest BCUT2D eigenvalue weighted by Crippen LogP contribution is 2.33. The third kappa shape index (κ3) is 4.59. The molecule has 0 radical (unpaired) electrons. The fourth-order valence-corrected chi connectivity index (χ4v) is 3.98. The van der Waals surface area contributed by atoms with Crippen molar-refractivity contribution >= 4 is 5.91 Å². The number of aromatic nitrogens is 3. The molecule has 172 valence electrons. The Hall–Kier alpha value is -3.88. The van der Waals surface area contributed by atoms with E-state index in [0.717, 1.165) is 28.2 Å². The number of pyridine rings is 1. The number of amides is 1. The summed E-state index contributed by atoms with van der Waals surface area (Å²) >= 11 is 0. The molecule has 0 unspecified atom stereocenters. The zero-order valence-electron chi connectivity index (χ0n) is 18.7. The van der Waals surface area contributed by atoms with E-state index in [1.165, 1.54) is 6.07 Å². The van der Waals surface area contributed by atoms with E-state index < -0.39 is 0 Å². The van der Waals surface area contributed by atoms with Gasteiger partial charge in [-0.05, 0) is 54.4 Å². The number of carbonyl (C=O) groups excluding carboxylic acids is 1. The number of morpholine rings is 1. The van der Waals surface area contributed by atoms with Crippen LogP contribution in [0.4, 0.5) is 4.39 Å². The smallest absolute Gasteiger partial charge is 0.265 e. The zero-order valence-corrected chi connectivity index (χ0v) is 18.7. The maximum atomic E-state index is 14.8. The minimum atomic E-state index is -0.340. The van der Waals surface area contributed by atoms with Crippen molar-refractivity contribution in [1.29, 1.82) is 0 Å². The van der Waals surface area contributed by atoms with E-state index in [1.54, 1.807) is 42.6 Å². The van der Waals surface area contributed by atoms with Crippen LogP contribution in [-0.2, 0) is 4.74 Å². The Balaban J connectivity index is 1.41. The van der Waals surface area contributed by atoms with Crippen molar-refractivity contribution in [2.45, 2.75) is 6.92 Å². The quantitative estimate of drug-likeness (QED) is 0.469. The van der Waals surface area contributed by atoms with Gasteiger partial charge in [-0.2, -0.15) is 5.10 Å². The molecule has 1 aliphatic heterocycles. The van der Waals surface area contributed by atoms with Crippen LogP contribution in [0.25, 0.3) is 33.6 Å². The van der Waals surface area contributed by atoms with Crippen molar-refractivity contribution in [2.24, 2.45) is 0 Å². The van der Waals surface area contributed by atoms with Gasteiger partial charge in [-0.1, -0.05) is 24.3 Å². The predicted octanol–water partition coefficient (Wildman–Crippen LogP) is 4.23. The van der Waals surface area contributed by atoms with Crippen molar-refractivity contribution in [2.75, 3.05) is 26.3 Å². The third-order valence-corrected chi connectivity index (χ3v) is 5.79. The highest BCUT2D eigenvalue weighted by Gasteiger charge is 2.16. The maximum absolute atomic E-state index is 14.8. The number of ether oxygens (including phenoxy) is 1. The fraction of sp³-hybridized carbons (Fsp3) is 0.192. The minimum absolute atomic E-state index is 0.198. The van der Waals surface area contributed by atoms with E-state index in [9.17, 15) is 9.18 Å². The molecule has 7 nitrogen and oxygen atoms in total. The number of nitrogens with one attached hydrogen (secondary N) is 2. The molecule has 0 bridgehead atoms. The van der Waals surface area contributed by atoms with Gasteiger partial charge in [-0.15, -0.1) is 0 Å². The molecule has 0 spiro atoms. The SMILES string of the molecule is Cc1cccc(-c2[nH]ncc2-c2ccc(F)c(-c3ccc(C(=O)NN4CCOCC4)cc3)c2)n1. The number of hydrogen-bond donors (Lipinski definition) is 2. The lowest BCUT2D eigenvalue weighted by Gasteiger charge is -2.26. The summed E-state index contributed by atoms with van der Waals surface area (Å²) in [4.78, 5) is 17.1. The van der Waals surface area contributed by atoms with Crippen LogP contribution in [0.15, 0.2) is 66.9 Å². The molecule has 5 rings (SSSR count). The molecule has 2 N–H and O–H groups in total. The van der Waals surface area contributed by atoms with Crippen LogP contribution in [-0.4, -0.2) is 52.4 Å². The second-order valence-electron chi connectivity index (χ2n) is 8.14. The summed E-state index contributed by atoms with van der Waals surface area (Å²) in [5.74, 6) is -0.538. The Morgan fingerprint density at radius 1 is 1.03 bits per heavy atom. The molecule has 3 heterocycles. The summed E-state index contributed by atoms with van der Waals surface area (Å²) in [6, 6.07) is 17.7.